The monoisotopic (exact) mass is 461 g/mol. The summed E-state index contributed by atoms with van der Waals surface area (Å²) in [6.45, 7) is 15.8. The zero-order chi connectivity index (χ0) is 24.5. The van der Waals surface area contributed by atoms with E-state index in [1.807, 2.05) is 31.1 Å². The molecular formula is C26H35N7O. The molecule has 0 radical (unpaired) electrons. The smallest absolute Gasteiger partial charge is 0.225 e. The predicted octanol–water partition coefficient (Wildman–Crippen LogP) is 3.95. The highest BCUT2D eigenvalue weighted by Crippen LogP contribution is 2.19. The molecule has 3 heterocycles. The largest absolute Gasteiger partial charge is 0.378 e. The van der Waals surface area contributed by atoms with E-state index in [9.17, 15) is 0 Å². The Hall–Kier alpha value is -3.52. The first-order chi connectivity index (χ1) is 16.4. The van der Waals surface area contributed by atoms with E-state index in [0.717, 1.165) is 59.3 Å². The summed E-state index contributed by atoms with van der Waals surface area (Å²) in [5.74, 6) is 0.751. The molecule has 1 aliphatic rings. The van der Waals surface area contributed by atoms with E-state index in [-0.39, 0.29) is 0 Å². The second kappa shape index (κ2) is 12.1. The SMILES string of the molecule is C=Cc1c(C=NCN(C)/C(=C/C=C(\C)c2cnc(N3CCOCC3)nc2)C(=C)CC)ncn1C. The van der Waals surface area contributed by atoms with Crippen molar-refractivity contribution in [3.63, 3.8) is 0 Å². The number of likely N-dealkylation sites (N-methyl/N-ethyl adjacent to an activating group) is 1. The van der Waals surface area contributed by atoms with Crippen LogP contribution in [0.15, 0.2) is 60.3 Å². The molecule has 2 aromatic rings. The summed E-state index contributed by atoms with van der Waals surface area (Å²) in [6, 6.07) is 0. The van der Waals surface area contributed by atoms with E-state index in [4.69, 9.17) is 4.74 Å². The van der Waals surface area contributed by atoms with Gasteiger partial charge in [-0.1, -0.05) is 26.2 Å². The molecule has 0 amide bonds. The third-order valence-corrected chi connectivity index (χ3v) is 5.79. The Morgan fingerprint density at radius 3 is 2.56 bits per heavy atom. The highest BCUT2D eigenvalue weighted by Gasteiger charge is 2.13. The Bertz CT molecular complexity index is 1070. The van der Waals surface area contributed by atoms with Crippen molar-refractivity contribution in [1.29, 1.82) is 0 Å². The molecule has 180 valence electrons. The molecule has 8 nitrogen and oxygen atoms in total. The first-order valence-electron chi connectivity index (χ1n) is 11.5. The van der Waals surface area contributed by atoms with Crippen LogP contribution in [0.3, 0.4) is 0 Å². The van der Waals surface area contributed by atoms with Crippen LogP contribution in [0.25, 0.3) is 11.6 Å². The Balaban J connectivity index is 1.71. The lowest BCUT2D eigenvalue weighted by molar-refractivity contribution is 0.122. The van der Waals surface area contributed by atoms with Crippen LogP contribution in [-0.4, -0.2) is 70.7 Å². The molecule has 0 bridgehead atoms. The maximum atomic E-state index is 5.40. The number of imidazole rings is 1. The van der Waals surface area contributed by atoms with Crippen molar-refractivity contribution in [3.05, 3.63) is 72.3 Å². The third kappa shape index (κ3) is 6.29. The molecule has 34 heavy (non-hydrogen) atoms. The molecule has 0 unspecified atom stereocenters. The summed E-state index contributed by atoms with van der Waals surface area (Å²) in [5, 5.41) is 0. The van der Waals surface area contributed by atoms with Crippen molar-refractivity contribution in [2.75, 3.05) is 44.9 Å². The van der Waals surface area contributed by atoms with Crippen LogP contribution in [0.4, 0.5) is 5.95 Å². The molecule has 0 aliphatic carbocycles. The topological polar surface area (TPSA) is 71.7 Å². The minimum Gasteiger partial charge on any atom is -0.378 e. The second-order valence-corrected chi connectivity index (χ2v) is 8.21. The lowest BCUT2D eigenvalue weighted by Gasteiger charge is -2.26. The Morgan fingerprint density at radius 1 is 1.21 bits per heavy atom. The molecule has 1 saturated heterocycles. The molecule has 1 aliphatic heterocycles. The van der Waals surface area contributed by atoms with Crippen LogP contribution in [-0.2, 0) is 11.8 Å². The van der Waals surface area contributed by atoms with Crippen molar-refractivity contribution in [2.24, 2.45) is 12.0 Å². The van der Waals surface area contributed by atoms with E-state index in [0.29, 0.717) is 19.9 Å². The average Bonchev–Trinajstić information content (AvgIpc) is 3.23. The number of nitrogens with zero attached hydrogens (tertiary/aromatic N) is 7. The third-order valence-electron chi connectivity index (χ3n) is 5.79. The van der Waals surface area contributed by atoms with Crippen LogP contribution in [0, 0.1) is 0 Å². The first-order valence-corrected chi connectivity index (χ1v) is 11.5. The van der Waals surface area contributed by atoms with E-state index in [1.165, 1.54) is 0 Å². The number of aryl methyl sites for hydroxylation is 1. The average molecular weight is 462 g/mol. The highest BCUT2D eigenvalue weighted by atomic mass is 16.5. The van der Waals surface area contributed by atoms with Gasteiger partial charge in [-0.15, -0.1) is 0 Å². The Kier molecular flexibility index (Phi) is 8.93. The Labute approximate surface area is 202 Å². The number of allylic oxidation sites excluding steroid dienone is 4. The normalized spacial score (nSPS) is 15.1. The molecule has 0 atom stereocenters. The number of aromatic nitrogens is 4. The minimum absolute atomic E-state index is 0.488. The first kappa shape index (κ1) is 25.1. The van der Waals surface area contributed by atoms with Crippen molar-refractivity contribution in [1.82, 2.24) is 24.4 Å². The maximum absolute atomic E-state index is 5.40. The van der Waals surface area contributed by atoms with Crippen LogP contribution in [0.5, 0.6) is 0 Å². The van der Waals surface area contributed by atoms with Gasteiger partial charge in [-0.3, -0.25) is 4.99 Å². The van der Waals surface area contributed by atoms with Gasteiger partial charge in [-0.2, -0.15) is 0 Å². The number of rotatable bonds is 10. The molecule has 1 fully saturated rings. The lowest BCUT2D eigenvalue weighted by Crippen LogP contribution is -2.37. The van der Waals surface area contributed by atoms with Gasteiger partial charge in [0.15, 0.2) is 0 Å². The summed E-state index contributed by atoms with van der Waals surface area (Å²) >= 11 is 0. The van der Waals surface area contributed by atoms with Gasteiger partial charge in [-0.05, 0) is 36.6 Å². The van der Waals surface area contributed by atoms with Gasteiger partial charge in [0.05, 0.1) is 31.4 Å². The highest BCUT2D eigenvalue weighted by molar-refractivity contribution is 5.81. The molecule has 0 saturated carbocycles. The summed E-state index contributed by atoms with van der Waals surface area (Å²) in [6.07, 6.45) is 14.1. The summed E-state index contributed by atoms with van der Waals surface area (Å²) < 4.78 is 7.33. The standard InChI is InChI=1S/C26H35N7O/c1-7-20(3)25(31(5)18-27-17-23-24(8-2)32(6)19-30-23)10-9-21(4)22-15-28-26(29-16-22)33-11-13-34-14-12-33/h8-10,15-17,19H,2-3,7,11-14,18H2,1,4-6H3/b21-9+,25-10+,27-17?. The van der Waals surface area contributed by atoms with E-state index < -0.39 is 0 Å². The Morgan fingerprint density at radius 2 is 1.91 bits per heavy atom. The number of ether oxygens (including phenoxy) is 1. The van der Waals surface area contributed by atoms with Crippen molar-refractivity contribution in [3.8, 4) is 0 Å². The van der Waals surface area contributed by atoms with Crippen LogP contribution in [0.1, 0.15) is 37.2 Å². The van der Waals surface area contributed by atoms with Crippen LogP contribution < -0.4 is 4.90 Å². The summed E-state index contributed by atoms with van der Waals surface area (Å²) in [5.41, 5.74) is 5.90. The summed E-state index contributed by atoms with van der Waals surface area (Å²) in [7, 11) is 3.95. The van der Waals surface area contributed by atoms with Gasteiger partial charge in [0.2, 0.25) is 5.95 Å². The molecule has 0 spiro atoms. The maximum Gasteiger partial charge on any atom is 0.225 e. The predicted molar refractivity (Wildman–Crippen MR) is 140 cm³/mol. The molecule has 2 aromatic heterocycles. The number of morpholine rings is 1. The van der Waals surface area contributed by atoms with Crippen molar-refractivity contribution >= 4 is 23.8 Å². The van der Waals surface area contributed by atoms with E-state index >= 15 is 0 Å². The van der Waals surface area contributed by atoms with Crippen molar-refractivity contribution < 1.29 is 4.74 Å². The molecule has 0 N–H and O–H groups in total. The van der Waals surface area contributed by atoms with Gasteiger partial charge in [0.1, 0.15) is 12.4 Å². The van der Waals surface area contributed by atoms with Crippen molar-refractivity contribution in [2.45, 2.75) is 20.3 Å². The van der Waals surface area contributed by atoms with Gasteiger partial charge in [0, 0.05) is 50.8 Å². The zero-order valence-corrected chi connectivity index (χ0v) is 20.7. The minimum atomic E-state index is 0.488. The van der Waals surface area contributed by atoms with Crippen LogP contribution >= 0.6 is 0 Å². The fraction of sp³-hybridized carbons (Fsp3) is 0.385. The van der Waals surface area contributed by atoms with Gasteiger partial charge in [-0.25, -0.2) is 15.0 Å². The molecule has 8 heteroatoms. The molecule has 0 aromatic carbocycles. The van der Waals surface area contributed by atoms with Gasteiger partial charge in [0.25, 0.3) is 0 Å². The van der Waals surface area contributed by atoms with Gasteiger partial charge < -0.3 is 19.1 Å². The fourth-order valence-corrected chi connectivity index (χ4v) is 3.58. The summed E-state index contributed by atoms with van der Waals surface area (Å²) in [4.78, 5) is 22.3. The number of aliphatic imine (C=N–C) groups is 1. The number of hydrogen-bond acceptors (Lipinski definition) is 7. The van der Waals surface area contributed by atoms with E-state index in [1.54, 1.807) is 18.6 Å². The quantitative estimate of drug-likeness (QED) is 0.394. The lowest BCUT2D eigenvalue weighted by atomic mass is 10.1. The zero-order valence-electron chi connectivity index (χ0n) is 20.7. The second-order valence-electron chi connectivity index (χ2n) is 8.21. The fourth-order valence-electron chi connectivity index (χ4n) is 3.58. The van der Waals surface area contributed by atoms with E-state index in [2.05, 4.69) is 68.9 Å². The molecule has 3 rings (SSSR count). The van der Waals surface area contributed by atoms with Gasteiger partial charge >= 0.3 is 0 Å². The number of hydrogen-bond donors (Lipinski definition) is 0. The molecular weight excluding hydrogens is 426 g/mol. The van der Waals surface area contributed by atoms with Crippen LogP contribution in [0.2, 0.25) is 0 Å². The number of anilines is 1.